The quantitative estimate of drug-likeness (QED) is 0.0780. The molecule has 3 aromatic carbocycles. The molecule has 4 aromatic rings. The predicted octanol–water partition coefficient (Wildman–Crippen LogP) is 7.12. The van der Waals surface area contributed by atoms with Crippen LogP contribution in [0, 0.1) is 5.82 Å². The van der Waals surface area contributed by atoms with Crippen molar-refractivity contribution in [2.45, 2.75) is 16.1 Å². The summed E-state index contributed by atoms with van der Waals surface area (Å²) >= 11 is 9.21. The van der Waals surface area contributed by atoms with Gasteiger partial charge in [-0.25, -0.2) is 4.39 Å². The Bertz CT molecular complexity index is 1540. The van der Waals surface area contributed by atoms with Crippen molar-refractivity contribution in [1.29, 1.82) is 0 Å². The van der Waals surface area contributed by atoms with Crippen LogP contribution < -0.4 is 4.90 Å². The molecule has 1 aliphatic rings. The fourth-order valence-corrected chi connectivity index (χ4v) is 6.43. The summed E-state index contributed by atoms with van der Waals surface area (Å²) in [6.45, 7) is 0. The van der Waals surface area contributed by atoms with E-state index in [0.29, 0.717) is 26.8 Å². The minimum absolute atomic E-state index is 0.0406. The van der Waals surface area contributed by atoms with E-state index >= 15 is 0 Å². The molecule has 0 spiro atoms. The number of aliphatic hydroxyl groups excluding tert-OH is 1. The minimum atomic E-state index is -0.918. The number of carbonyl (C=O) groups excluding carboxylic acids is 2. The van der Waals surface area contributed by atoms with Crippen LogP contribution in [0.4, 0.5) is 9.52 Å². The first-order valence-electron chi connectivity index (χ1n) is 10.9. The molecule has 1 fully saturated rings. The third kappa shape index (κ3) is 5.26. The molecule has 1 atom stereocenters. The number of nitrogens with zero attached hydrogens (tertiary/aromatic N) is 3. The molecule has 1 saturated heterocycles. The maximum Gasteiger partial charge on any atom is 0.301 e. The zero-order chi connectivity index (χ0) is 26.1. The highest BCUT2D eigenvalue weighted by Gasteiger charge is 2.48. The molecular formula is C26H16Br2FN3O3S2. The van der Waals surface area contributed by atoms with Crippen LogP contribution in [-0.2, 0) is 15.3 Å². The van der Waals surface area contributed by atoms with Gasteiger partial charge in [0.25, 0.3) is 5.78 Å². The molecule has 0 aliphatic carbocycles. The summed E-state index contributed by atoms with van der Waals surface area (Å²) in [5, 5.41) is 19.7. The van der Waals surface area contributed by atoms with E-state index in [0.717, 1.165) is 20.3 Å². The Balaban J connectivity index is 1.55. The van der Waals surface area contributed by atoms with Gasteiger partial charge in [-0.05, 0) is 41.5 Å². The van der Waals surface area contributed by atoms with E-state index < -0.39 is 17.7 Å². The van der Waals surface area contributed by atoms with E-state index in [1.165, 1.54) is 22.7 Å². The largest absolute Gasteiger partial charge is 0.507 e. The van der Waals surface area contributed by atoms with Crippen LogP contribution in [0.1, 0.15) is 22.7 Å². The fraction of sp³-hybridized carbons (Fsp3) is 0.0769. The van der Waals surface area contributed by atoms with Gasteiger partial charge in [-0.3, -0.25) is 14.5 Å². The number of thioether (sulfide) groups is 1. The van der Waals surface area contributed by atoms with Crippen molar-refractivity contribution in [2.24, 2.45) is 0 Å². The van der Waals surface area contributed by atoms with Gasteiger partial charge in [-0.2, -0.15) is 0 Å². The van der Waals surface area contributed by atoms with E-state index in [-0.39, 0.29) is 22.3 Å². The molecule has 2 heterocycles. The standard InChI is InChI=1S/C26H16Br2FN3O3S2/c27-17-10-8-14(9-11-17)22(33)20-21(15-5-3-6-18(28)12-15)32(24(35)23(20)34)25-30-31-26(37-25)36-13-16-4-1-2-7-19(16)29/h1-12,21,33H,13H2/b22-20-. The lowest BCUT2D eigenvalue weighted by atomic mass is 9.95. The number of hydrogen-bond acceptors (Lipinski definition) is 7. The molecule has 186 valence electrons. The van der Waals surface area contributed by atoms with Gasteiger partial charge in [0.15, 0.2) is 4.34 Å². The molecule has 1 aliphatic heterocycles. The molecule has 6 nitrogen and oxygen atoms in total. The molecule has 1 unspecified atom stereocenters. The smallest absolute Gasteiger partial charge is 0.301 e. The first kappa shape index (κ1) is 25.8. The number of carbonyl (C=O) groups is 2. The third-order valence-electron chi connectivity index (χ3n) is 5.64. The molecule has 1 N–H and O–H groups in total. The average Bonchev–Trinajstić information content (AvgIpc) is 3.46. The number of hydrogen-bond donors (Lipinski definition) is 1. The van der Waals surface area contributed by atoms with Gasteiger partial charge in [0, 0.05) is 20.3 Å². The third-order valence-corrected chi connectivity index (χ3v) is 8.76. The van der Waals surface area contributed by atoms with E-state index in [2.05, 4.69) is 42.1 Å². The highest BCUT2D eigenvalue weighted by molar-refractivity contribution is 9.10. The topological polar surface area (TPSA) is 83.4 Å². The summed E-state index contributed by atoms with van der Waals surface area (Å²) in [6, 6.07) is 19.5. The summed E-state index contributed by atoms with van der Waals surface area (Å²) in [4.78, 5) is 27.8. The van der Waals surface area contributed by atoms with Gasteiger partial charge in [0.05, 0.1) is 11.6 Å². The van der Waals surface area contributed by atoms with Gasteiger partial charge in [0.1, 0.15) is 11.6 Å². The number of aromatic nitrogens is 2. The van der Waals surface area contributed by atoms with Crippen molar-refractivity contribution in [3.8, 4) is 0 Å². The zero-order valence-corrected chi connectivity index (χ0v) is 23.6. The van der Waals surface area contributed by atoms with Crippen molar-refractivity contribution in [3.05, 3.63) is 110 Å². The number of rotatable bonds is 6. The lowest BCUT2D eigenvalue weighted by Crippen LogP contribution is -2.29. The Morgan fingerprint density at radius 2 is 1.76 bits per heavy atom. The minimum Gasteiger partial charge on any atom is -0.507 e. The van der Waals surface area contributed by atoms with Crippen molar-refractivity contribution < 1.29 is 19.1 Å². The summed E-state index contributed by atoms with van der Waals surface area (Å²) in [5.41, 5.74) is 1.50. The summed E-state index contributed by atoms with van der Waals surface area (Å²) < 4.78 is 16.1. The van der Waals surface area contributed by atoms with Crippen molar-refractivity contribution >= 4 is 77.5 Å². The Morgan fingerprint density at radius 1 is 1.00 bits per heavy atom. The van der Waals surface area contributed by atoms with Crippen molar-refractivity contribution in [3.63, 3.8) is 0 Å². The van der Waals surface area contributed by atoms with Crippen LogP contribution >= 0.6 is 55.0 Å². The molecule has 37 heavy (non-hydrogen) atoms. The van der Waals surface area contributed by atoms with E-state index in [9.17, 15) is 19.1 Å². The molecule has 5 rings (SSSR count). The lowest BCUT2D eigenvalue weighted by Gasteiger charge is -2.22. The molecule has 11 heteroatoms. The maximum absolute atomic E-state index is 14.0. The first-order chi connectivity index (χ1) is 17.8. The van der Waals surface area contributed by atoms with Crippen LogP contribution in [0.25, 0.3) is 5.76 Å². The van der Waals surface area contributed by atoms with E-state index in [1.54, 1.807) is 60.7 Å². The summed E-state index contributed by atoms with van der Waals surface area (Å²) in [5.74, 6) is -1.89. The van der Waals surface area contributed by atoms with Crippen molar-refractivity contribution in [1.82, 2.24) is 10.2 Å². The normalized spacial score (nSPS) is 16.9. The van der Waals surface area contributed by atoms with Crippen LogP contribution in [0.2, 0.25) is 0 Å². The number of halogens is 3. The molecule has 0 bridgehead atoms. The molecule has 1 amide bonds. The number of aliphatic hydroxyl groups is 1. The van der Waals surface area contributed by atoms with Gasteiger partial charge in [-0.15, -0.1) is 10.2 Å². The first-order valence-corrected chi connectivity index (χ1v) is 14.2. The Hall–Kier alpha value is -2.86. The highest BCUT2D eigenvalue weighted by atomic mass is 79.9. The SMILES string of the molecule is O=C1C(=O)N(c2nnc(SCc3ccccc3F)s2)C(c2cccc(Br)c2)/C1=C(/O)c1ccc(Br)cc1. The van der Waals surface area contributed by atoms with Gasteiger partial charge >= 0.3 is 5.91 Å². The second kappa shape index (κ2) is 10.9. The second-order valence-electron chi connectivity index (χ2n) is 7.96. The average molecular weight is 661 g/mol. The number of Topliss-reactive ketones (excluding diaryl/α,β-unsaturated/α-hetero) is 1. The number of ketones is 1. The number of amides is 1. The van der Waals surface area contributed by atoms with Crippen LogP contribution in [0.3, 0.4) is 0 Å². The Labute approximate surface area is 236 Å². The molecule has 0 saturated carbocycles. The molecule has 0 radical (unpaired) electrons. The Morgan fingerprint density at radius 3 is 2.49 bits per heavy atom. The monoisotopic (exact) mass is 659 g/mol. The zero-order valence-electron chi connectivity index (χ0n) is 18.8. The highest BCUT2D eigenvalue weighted by Crippen LogP contribution is 2.44. The predicted molar refractivity (Wildman–Crippen MR) is 149 cm³/mol. The molecular weight excluding hydrogens is 645 g/mol. The molecule has 1 aromatic heterocycles. The lowest BCUT2D eigenvalue weighted by molar-refractivity contribution is -0.132. The van der Waals surface area contributed by atoms with Crippen LogP contribution in [0.15, 0.2) is 91.7 Å². The van der Waals surface area contributed by atoms with Crippen molar-refractivity contribution in [2.75, 3.05) is 4.90 Å². The maximum atomic E-state index is 14.0. The fourth-order valence-electron chi connectivity index (χ4n) is 3.90. The van der Waals surface area contributed by atoms with Crippen LogP contribution in [0.5, 0.6) is 0 Å². The summed E-state index contributed by atoms with van der Waals surface area (Å²) in [6.07, 6.45) is 0. The van der Waals surface area contributed by atoms with Gasteiger partial charge in [-0.1, -0.05) is 97.4 Å². The number of benzene rings is 3. The van der Waals surface area contributed by atoms with Gasteiger partial charge in [0.2, 0.25) is 5.13 Å². The summed E-state index contributed by atoms with van der Waals surface area (Å²) in [7, 11) is 0. The van der Waals surface area contributed by atoms with Gasteiger partial charge < -0.3 is 5.11 Å². The Kier molecular flexibility index (Phi) is 7.57. The second-order valence-corrected chi connectivity index (χ2v) is 12.0. The van der Waals surface area contributed by atoms with E-state index in [1.807, 2.05) is 6.07 Å². The van der Waals surface area contributed by atoms with E-state index in [4.69, 9.17) is 0 Å². The number of anilines is 1. The van der Waals surface area contributed by atoms with Crippen LogP contribution in [-0.4, -0.2) is 27.0 Å².